The molecule has 2 aliphatic heterocycles. The Morgan fingerprint density at radius 2 is 1.70 bits per heavy atom. The maximum absolute atomic E-state index is 13.6. The summed E-state index contributed by atoms with van der Waals surface area (Å²) in [6.07, 6.45) is 10.6. The highest BCUT2D eigenvalue weighted by Crippen LogP contribution is 2.37. The van der Waals surface area contributed by atoms with E-state index >= 15 is 0 Å². The van der Waals surface area contributed by atoms with E-state index in [9.17, 15) is 24.0 Å². The monoisotopic (exact) mass is 760 g/mol. The summed E-state index contributed by atoms with van der Waals surface area (Å²) in [6, 6.07) is 14.3. The van der Waals surface area contributed by atoms with Crippen LogP contribution in [-0.2, 0) is 9.59 Å². The summed E-state index contributed by atoms with van der Waals surface area (Å²) in [5.41, 5.74) is 3.75. The summed E-state index contributed by atoms with van der Waals surface area (Å²) < 4.78 is 7.70. The third kappa shape index (κ3) is 7.37. The molecule has 0 radical (unpaired) electrons. The number of hydrogen-bond donors (Lipinski definition) is 3. The second-order valence-corrected chi connectivity index (χ2v) is 15.8. The van der Waals surface area contributed by atoms with Crippen LogP contribution in [0.2, 0.25) is 0 Å². The number of nitrogens with one attached hydrogen (secondary N) is 3. The molecule has 3 fully saturated rings. The van der Waals surface area contributed by atoms with E-state index in [4.69, 9.17) is 9.84 Å². The van der Waals surface area contributed by atoms with Crippen molar-refractivity contribution in [2.75, 3.05) is 31.3 Å². The first-order chi connectivity index (χ1) is 27.1. The summed E-state index contributed by atoms with van der Waals surface area (Å²) in [6.45, 7) is 2.90. The van der Waals surface area contributed by atoms with Gasteiger partial charge >= 0.3 is 0 Å². The molecule has 4 aliphatic rings. The van der Waals surface area contributed by atoms with Crippen molar-refractivity contribution >= 4 is 51.8 Å². The Labute approximate surface area is 325 Å². The van der Waals surface area contributed by atoms with Crippen molar-refractivity contribution in [2.45, 2.75) is 95.3 Å². The highest BCUT2D eigenvalue weighted by atomic mass is 16.5. The maximum atomic E-state index is 13.6. The smallest absolute Gasteiger partial charge is 0.274 e. The van der Waals surface area contributed by atoms with Gasteiger partial charge in [0.25, 0.3) is 17.7 Å². The zero-order chi connectivity index (χ0) is 39.1. The van der Waals surface area contributed by atoms with E-state index in [1.807, 2.05) is 37.3 Å². The Kier molecular flexibility index (Phi) is 10.3. The number of pyridine rings is 1. The molecule has 4 aromatic rings. The van der Waals surface area contributed by atoms with Crippen molar-refractivity contribution < 1.29 is 28.7 Å². The van der Waals surface area contributed by atoms with Gasteiger partial charge in [-0.05, 0) is 108 Å². The van der Waals surface area contributed by atoms with E-state index in [1.165, 1.54) is 0 Å². The molecule has 2 saturated carbocycles. The molecule has 2 aliphatic carbocycles. The first-order valence-corrected chi connectivity index (χ1v) is 19.7. The lowest BCUT2D eigenvalue weighted by Gasteiger charge is -2.38. The van der Waals surface area contributed by atoms with Gasteiger partial charge in [0.05, 0.1) is 35.5 Å². The van der Waals surface area contributed by atoms with Crippen LogP contribution in [0.5, 0.6) is 5.75 Å². The van der Waals surface area contributed by atoms with Crippen LogP contribution in [0.4, 0.5) is 11.4 Å². The lowest BCUT2D eigenvalue weighted by Crippen LogP contribution is -2.54. The fraction of sp³-hybridized carbons (Fsp3) is 0.452. The number of imide groups is 2. The van der Waals surface area contributed by atoms with E-state index in [0.717, 1.165) is 79.4 Å². The van der Waals surface area contributed by atoms with Gasteiger partial charge in [0.2, 0.25) is 11.8 Å². The molecule has 56 heavy (non-hydrogen) atoms. The molecule has 1 atom stereocenters. The van der Waals surface area contributed by atoms with Gasteiger partial charge in [0, 0.05) is 54.1 Å². The van der Waals surface area contributed by atoms with Crippen LogP contribution in [0.3, 0.4) is 0 Å². The lowest BCUT2D eigenvalue weighted by molar-refractivity contribution is -0.136. The summed E-state index contributed by atoms with van der Waals surface area (Å²) in [4.78, 5) is 71.9. The molecule has 5 amide bonds. The quantitative estimate of drug-likeness (QED) is 0.176. The third-order valence-electron chi connectivity index (χ3n) is 12.1. The largest absolute Gasteiger partial charge is 0.494 e. The number of fused-ring (bicyclic) bond motifs is 2. The van der Waals surface area contributed by atoms with Gasteiger partial charge in [-0.15, -0.1) is 0 Å². The minimum atomic E-state index is -0.983. The number of methoxy groups -OCH3 is 1. The number of aromatic nitrogens is 3. The fourth-order valence-electron chi connectivity index (χ4n) is 9.05. The SMILES string of the molecule is COc1cc2nn([C@H]3CC[C@H](CN(C)[C@H]4CC[C@H](Nc5cccc6c5C(=O)N(C5CCC(=O)NC5=O)C6=O)CC4)CC3)cc2cc1NC(=O)c1cccc(C)n1. The highest BCUT2D eigenvalue weighted by molar-refractivity contribution is 6.25. The minimum absolute atomic E-state index is 0.0896. The Hall–Kier alpha value is -5.63. The fourth-order valence-corrected chi connectivity index (χ4v) is 9.05. The molecule has 2 aromatic heterocycles. The molecule has 14 nitrogen and oxygen atoms in total. The summed E-state index contributed by atoms with van der Waals surface area (Å²) in [7, 11) is 3.82. The van der Waals surface area contributed by atoms with Gasteiger partial charge in [-0.3, -0.25) is 38.9 Å². The zero-order valence-electron chi connectivity index (χ0n) is 32.0. The number of hydrogen-bond acceptors (Lipinski definition) is 10. The van der Waals surface area contributed by atoms with E-state index in [2.05, 4.69) is 43.8 Å². The molecule has 14 heteroatoms. The van der Waals surface area contributed by atoms with E-state index < -0.39 is 29.7 Å². The van der Waals surface area contributed by atoms with Crippen LogP contribution >= 0.6 is 0 Å². The number of ether oxygens (including phenoxy) is 1. The van der Waals surface area contributed by atoms with Gasteiger partial charge in [-0.25, -0.2) is 4.98 Å². The van der Waals surface area contributed by atoms with Gasteiger partial charge < -0.3 is 20.3 Å². The molecule has 3 N–H and O–H groups in total. The maximum Gasteiger partial charge on any atom is 0.274 e. The van der Waals surface area contributed by atoms with Crippen molar-refractivity contribution in [3.05, 3.63) is 77.2 Å². The molecule has 1 saturated heterocycles. The topological polar surface area (TPSA) is 168 Å². The Balaban J connectivity index is 0.826. The van der Waals surface area contributed by atoms with E-state index in [0.29, 0.717) is 51.9 Å². The van der Waals surface area contributed by atoms with Crippen molar-refractivity contribution in [1.82, 2.24) is 29.9 Å². The van der Waals surface area contributed by atoms with Gasteiger partial charge in [0.1, 0.15) is 17.5 Å². The number of aryl methyl sites for hydroxylation is 1. The van der Waals surface area contributed by atoms with Crippen molar-refractivity contribution in [3.63, 3.8) is 0 Å². The molecule has 0 spiro atoms. The average Bonchev–Trinajstić information content (AvgIpc) is 3.72. The van der Waals surface area contributed by atoms with Crippen LogP contribution in [0.25, 0.3) is 10.9 Å². The third-order valence-corrected chi connectivity index (χ3v) is 12.1. The van der Waals surface area contributed by atoms with Crippen LogP contribution < -0.4 is 20.7 Å². The summed E-state index contributed by atoms with van der Waals surface area (Å²) in [5.74, 6) is -1.11. The van der Waals surface area contributed by atoms with E-state index in [-0.39, 0.29) is 24.8 Å². The molecular weight excluding hydrogens is 713 g/mol. The van der Waals surface area contributed by atoms with Crippen LogP contribution in [0, 0.1) is 12.8 Å². The second kappa shape index (κ2) is 15.5. The van der Waals surface area contributed by atoms with Crippen LogP contribution in [0.1, 0.15) is 107 Å². The predicted molar refractivity (Wildman–Crippen MR) is 210 cm³/mol. The molecule has 0 bridgehead atoms. The van der Waals surface area contributed by atoms with Crippen molar-refractivity contribution in [1.29, 1.82) is 0 Å². The van der Waals surface area contributed by atoms with Gasteiger partial charge in [0.15, 0.2) is 0 Å². The number of rotatable bonds is 10. The zero-order valence-corrected chi connectivity index (χ0v) is 32.0. The molecule has 8 rings (SSSR count). The number of anilines is 2. The average molecular weight is 761 g/mol. The first kappa shape index (κ1) is 37.3. The predicted octanol–water partition coefficient (Wildman–Crippen LogP) is 5.49. The highest BCUT2D eigenvalue weighted by Gasteiger charge is 2.46. The molecule has 292 valence electrons. The Bertz CT molecular complexity index is 2200. The molecule has 4 heterocycles. The van der Waals surface area contributed by atoms with Gasteiger partial charge in [-0.2, -0.15) is 5.10 Å². The number of piperidine rings is 1. The lowest BCUT2D eigenvalue weighted by atomic mass is 9.84. The van der Waals surface area contributed by atoms with Crippen molar-refractivity contribution in [3.8, 4) is 5.75 Å². The van der Waals surface area contributed by atoms with Crippen molar-refractivity contribution in [2.24, 2.45) is 5.92 Å². The summed E-state index contributed by atoms with van der Waals surface area (Å²) >= 11 is 0. The van der Waals surface area contributed by atoms with Gasteiger partial charge in [-0.1, -0.05) is 12.1 Å². The molecular formula is C42H48N8O6. The van der Waals surface area contributed by atoms with E-state index in [1.54, 1.807) is 25.3 Å². The normalized spacial score (nSPS) is 24.0. The summed E-state index contributed by atoms with van der Waals surface area (Å²) in [5, 5.41) is 14.6. The molecule has 2 aromatic carbocycles. The van der Waals surface area contributed by atoms with Crippen LogP contribution in [-0.4, -0.2) is 92.9 Å². The number of benzene rings is 2. The second-order valence-electron chi connectivity index (χ2n) is 15.8. The first-order valence-electron chi connectivity index (χ1n) is 19.7. The standard InChI is InChI=1S/C42H48N8O6/c1-24-6-4-9-32(43-24)39(52)45-34-20-26-23-49(47-33(26)21-36(34)56-3)29-14-10-25(11-15-29)22-48(2)28-16-12-27(13-17-28)44-31-8-5-7-30-38(31)42(55)50(41(30)54)35-18-19-37(51)46-40(35)53/h4-9,20-21,23,25,27-29,35,44H,10-19,22H2,1-3H3,(H,45,52)(H,46,51,53)/t25-,27-,28-,29-,35?. The number of carbonyl (C=O) groups excluding carboxylic acids is 5. The minimum Gasteiger partial charge on any atom is -0.494 e. The number of amides is 5. The number of carbonyl (C=O) groups is 5. The van der Waals surface area contributed by atoms with Crippen LogP contribution in [0.15, 0.2) is 54.7 Å². The molecule has 1 unspecified atom stereocenters. The number of nitrogens with zero attached hydrogens (tertiary/aromatic N) is 5. The Morgan fingerprint density at radius 1 is 0.929 bits per heavy atom. The Morgan fingerprint density at radius 3 is 2.43 bits per heavy atom.